The van der Waals surface area contributed by atoms with Crippen molar-refractivity contribution in [3.8, 4) is 0 Å². The van der Waals surface area contributed by atoms with E-state index in [9.17, 15) is 14.0 Å². The first kappa shape index (κ1) is 18.7. The van der Waals surface area contributed by atoms with Crippen LogP contribution < -0.4 is 5.32 Å². The molecule has 0 radical (unpaired) electrons. The van der Waals surface area contributed by atoms with Crippen LogP contribution in [0.5, 0.6) is 0 Å². The maximum atomic E-state index is 14.0. The minimum absolute atomic E-state index is 0.0399. The zero-order chi connectivity index (χ0) is 19.1. The van der Waals surface area contributed by atoms with Crippen molar-refractivity contribution in [1.29, 1.82) is 0 Å². The van der Waals surface area contributed by atoms with E-state index >= 15 is 0 Å². The molecule has 27 heavy (non-hydrogen) atoms. The molecule has 0 saturated carbocycles. The van der Waals surface area contributed by atoms with Gasteiger partial charge in [0.1, 0.15) is 12.4 Å². The van der Waals surface area contributed by atoms with Crippen molar-refractivity contribution >= 4 is 23.3 Å². The first-order valence-corrected chi connectivity index (χ1v) is 9.07. The third-order valence-corrected chi connectivity index (χ3v) is 4.36. The van der Waals surface area contributed by atoms with Crippen LogP contribution in [0.1, 0.15) is 21.6 Å². The topological polar surface area (TPSA) is 75.2 Å². The molecular weight excluding hydrogens is 367 g/mol. The van der Waals surface area contributed by atoms with Gasteiger partial charge < -0.3 is 10.2 Å². The Balaban J connectivity index is 1.70. The van der Waals surface area contributed by atoms with Gasteiger partial charge in [-0.05, 0) is 23.2 Å². The predicted molar refractivity (Wildman–Crippen MR) is 99.3 cm³/mol. The van der Waals surface area contributed by atoms with E-state index in [-0.39, 0.29) is 24.7 Å². The normalized spacial score (nSPS) is 10.4. The lowest BCUT2D eigenvalue weighted by atomic mass is 10.2. The van der Waals surface area contributed by atoms with E-state index in [0.717, 1.165) is 17.1 Å². The van der Waals surface area contributed by atoms with E-state index in [1.165, 1.54) is 16.3 Å². The van der Waals surface area contributed by atoms with Gasteiger partial charge >= 0.3 is 0 Å². The molecule has 0 spiro atoms. The standard InChI is InChI=1S/C19H17FN4O2S/c20-16-9-5-4-8-15(16)11-24(19(26)17-13-27-23-22-17)12-18(25)21-10-14-6-2-1-3-7-14/h1-9,13H,10-12H2,(H,21,25). The SMILES string of the molecule is O=C(CN(Cc1ccccc1F)C(=O)c1csnn1)NCc1ccccc1. The van der Waals surface area contributed by atoms with Gasteiger partial charge in [-0.3, -0.25) is 9.59 Å². The average molecular weight is 384 g/mol. The molecule has 0 bridgehead atoms. The molecule has 0 fully saturated rings. The number of hydrogen-bond donors (Lipinski definition) is 1. The predicted octanol–water partition coefficient (Wildman–Crippen LogP) is 2.64. The van der Waals surface area contributed by atoms with Gasteiger partial charge in [0, 0.05) is 24.0 Å². The Morgan fingerprint density at radius 1 is 1.07 bits per heavy atom. The molecule has 2 amide bonds. The van der Waals surface area contributed by atoms with Crippen LogP contribution >= 0.6 is 11.5 Å². The highest BCUT2D eigenvalue weighted by molar-refractivity contribution is 7.03. The molecule has 1 N–H and O–H groups in total. The summed E-state index contributed by atoms with van der Waals surface area (Å²) in [5, 5.41) is 8.02. The maximum absolute atomic E-state index is 14.0. The quantitative estimate of drug-likeness (QED) is 0.680. The molecule has 6 nitrogen and oxygen atoms in total. The lowest BCUT2D eigenvalue weighted by Gasteiger charge is -2.21. The molecule has 138 valence electrons. The second-order valence-electron chi connectivity index (χ2n) is 5.81. The van der Waals surface area contributed by atoms with Crippen LogP contribution in [0, 0.1) is 5.82 Å². The van der Waals surface area contributed by atoms with E-state index in [4.69, 9.17) is 0 Å². The highest BCUT2D eigenvalue weighted by atomic mass is 32.1. The number of rotatable bonds is 7. The summed E-state index contributed by atoms with van der Waals surface area (Å²) in [7, 11) is 0. The van der Waals surface area contributed by atoms with E-state index in [2.05, 4.69) is 14.9 Å². The Labute approximate surface area is 159 Å². The van der Waals surface area contributed by atoms with Crippen LogP contribution in [0.15, 0.2) is 60.0 Å². The molecule has 3 aromatic rings. The summed E-state index contributed by atoms with van der Waals surface area (Å²) in [4.78, 5) is 26.3. The molecule has 0 aliphatic carbocycles. The number of carbonyl (C=O) groups excluding carboxylic acids is 2. The number of nitrogens with zero attached hydrogens (tertiary/aromatic N) is 3. The van der Waals surface area contributed by atoms with Crippen molar-refractivity contribution in [2.75, 3.05) is 6.54 Å². The Kier molecular flexibility index (Phi) is 6.22. The second kappa shape index (κ2) is 9.00. The number of aromatic nitrogens is 2. The van der Waals surface area contributed by atoms with E-state index in [0.29, 0.717) is 12.1 Å². The number of hydrogen-bond acceptors (Lipinski definition) is 5. The Hall–Kier alpha value is -3.13. The van der Waals surface area contributed by atoms with Gasteiger partial charge in [-0.1, -0.05) is 53.0 Å². The average Bonchev–Trinajstić information content (AvgIpc) is 3.22. The molecule has 0 saturated heterocycles. The highest BCUT2D eigenvalue weighted by Crippen LogP contribution is 2.13. The van der Waals surface area contributed by atoms with Crippen LogP contribution in [0.4, 0.5) is 4.39 Å². The van der Waals surface area contributed by atoms with Crippen LogP contribution in [-0.4, -0.2) is 32.8 Å². The van der Waals surface area contributed by atoms with Crippen molar-refractivity contribution < 1.29 is 14.0 Å². The third-order valence-electron chi connectivity index (χ3n) is 3.85. The summed E-state index contributed by atoms with van der Waals surface area (Å²) in [6, 6.07) is 15.6. The lowest BCUT2D eigenvalue weighted by Crippen LogP contribution is -2.40. The first-order valence-electron chi connectivity index (χ1n) is 8.24. The van der Waals surface area contributed by atoms with Gasteiger partial charge in [0.05, 0.1) is 0 Å². The fourth-order valence-corrected chi connectivity index (χ4v) is 2.91. The summed E-state index contributed by atoms with van der Waals surface area (Å²) < 4.78 is 17.7. The van der Waals surface area contributed by atoms with Crippen LogP contribution in [-0.2, 0) is 17.9 Å². The molecule has 3 rings (SSSR count). The molecule has 0 atom stereocenters. The Morgan fingerprint density at radius 2 is 1.81 bits per heavy atom. The fourth-order valence-electron chi connectivity index (χ4n) is 2.48. The molecular formula is C19H17FN4O2S. The van der Waals surface area contributed by atoms with Crippen molar-refractivity contribution in [2.45, 2.75) is 13.1 Å². The van der Waals surface area contributed by atoms with Gasteiger partial charge in [-0.15, -0.1) is 5.10 Å². The van der Waals surface area contributed by atoms with Gasteiger partial charge in [0.25, 0.3) is 5.91 Å². The Bertz CT molecular complexity index is 903. The number of amides is 2. The molecule has 0 aliphatic heterocycles. The summed E-state index contributed by atoms with van der Waals surface area (Å²) >= 11 is 1.04. The number of halogens is 1. The lowest BCUT2D eigenvalue weighted by molar-refractivity contribution is -0.122. The third kappa shape index (κ3) is 5.18. The molecule has 1 heterocycles. The van der Waals surface area contributed by atoms with E-state index in [1.807, 2.05) is 30.3 Å². The summed E-state index contributed by atoms with van der Waals surface area (Å²) in [6.07, 6.45) is 0. The minimum Gasteiger partial charge on any atom is -0.350 e. The molecule has 1 aromatic heterocycles. The van der Waals surface area contributed by atoms with Gasteiger partial charge in [0.2, 0.25) is 5.91 Å². The molecule has 2 aromatic carbocycles. The fraction of sp³-hybridized carbons (Fsp3) is 0.158. The molecule has 0 aliphatic rings. The zero-order valence-corrected chi connectivity index (χ0v) is 15.2. The van der Waals surface area contributed by atoms with Crippen LogP contribution in [0.3, 0.4) is 0 Å². The first-order chi connectivity index (χ1) is 13.1. The summed E-state index contributed by atoms with van der Waals surface area (Å²) in [5.41, 5.74) is 1.40. The van der Waals surface area contributed by atoms with Crippen molar-refractivity contribution in [3.05, 3.63) is 82.6 Å². The molecule has 8 heteroatoms. The van der Waals surface area contributed by atoms with Crippen LogP contribution in [0.2, 0.25) is 0 Å². The summed E-state index contributed by atoms with van der Waals surface area (Å²) in [5.74, 6) is -1.25. The largest absolute Gasteiger partial charge is 0.350 e. The van der Waals surface area contributed by atoms with Gasteiger partial charge in [-0.25, -0.2) is 4.39 Å². The van der Waals surface area contributed by atoms with Gasteiger partial charge in [-0.2, -0.15) is 0 Å². The molecule has 0 unspecified atom stereocenters. The summed E-state index contributed by atoms with van der Waals surface area (Å²) in [6.45, 7) is 0.0962. The number of carbonyl (C=O) groups is 2. The zero-order valence-electron chi connectivity index (χ0n) is 14.3. The second-order valence-corrected chi connectivity index (χ2v) is 6.41. The maximum Gasteiger partial charge on any atom is 0.276 e. The Morgan fingerprint density at radius 3 is 2.52 bits per heavy atom. The number of nitrogens with one attached hydrogen (secondary N) is 1. The monoisotopic (exact) mass is 384 g/mol. The van der Waals surface area contributed by atoms with Gasteiger partial charge in [0.15, 0.2) is 5.69 Å². The van der Waals surface area contributed by atoms with Crippen molar-refractivity contribution in [2.24, 2.45) is 0 Å². The van der Waals surface area contributed by atoms with E-state index < -0.39 is 11.7 Å². The highest BCUT2D eigenvalue weighted by Gasteiger charge is 2.22. The van der Waals surface area contributed by atoms with Crippen LogP contribution in [0.25, 0.3) is 0 Å². The number of benzene rings is 2. The smallest absolute Gasteiger partial charge is 0.276 e. The van der Waals surface area contributed by atoms with Crippen molar-refractivity contribution in [3.63, 3.8) is 0 Å². The minimum atomic E-state index is -0.470. The van der Waals surface area contributed by atoms with Crippen molar-refractivity contribution in [1.82, 2.24) is 19.8 Å². The van der Waals surface area contributed by atoms with E-state index in [1.54, 1.807) is 18.2 Å².